The normalized spacial score (nSPS) is 19.6. The van der Waals surface area contributed by atoms with Crippen molar-refractivity contribution in [3.8, 4) is 0 Å². The summed E-state index contributed by atoms with van der Waals surface area (Å²) in [7, 11) is 6.44. The van der Waals surface area contributed by atoms with Gasteiger partial charge in [-0.05, 0) is 29.3 Å². The molecule has 134 valence electrons. The van der Waals surface area contributed by atoms with Crippen molar-refractivity contribution in [3.63, 3.8) is 0 Å². The molecule has 2 aromatic carbocycles. The van der Waals surface area contributed by atoms with E-state index >= 15 is 0 Å². The number of carbonyl (C=O) groups excluding carboxylic acids is 1. The third kappa shape index (κ3) is 4.54. The smallest absolute Gasteiger partial charge is 0.339 e. The van der Waals surface area contributed by atoms with E-state index in [2.05, 4.69) is 21.1 Å². The van der Waals surface area contributed by atoms with Crippen molar-refractivity contribution in [3.05, 3.63) is 70.2 Å². The van der Waals surface area contributed by atoms with Crippen LogP contribution in [0, 0.1) is 0 Å². The van der Waals surface area contributed by atoms with Gasteiger partial charge in [0.2, 0.25) is 0 Å². The fraction of sp³-hybridized carbons (Fsp3) is 0.350. The van der Waals surface area contributed by atoms with Gasteiger partial charge in [0.25, 0.3) is 0 Å². The number of rotatable bonds is 4. The van der Waals surface area contributed by atoms with E-state index in [1.807, 2.05) is 48.5 Å². The van der Waals surface area contributed by atoms with Crippen molar-refractivity contribution >= 4 is 17.6 Å². The monoisotopic (exact) mass is 471 g/mol. The summed E-state index contributed by atoms with van der Waals surface area (Å²) in [6.45, 7) is 0.901. The Kier molecular flexibility index (Phi) is 6.17. The van der Waals surface area contributed by atoms with Gasteiger partial charge >= 0.3 is 5.97 Å². The lowest BCUT2D eigenvalue weighted by atomic mass is 9.80. The quantitative estimate of drug-likeness (QED) is 0.379. The zero-order chi connectivity index (χ0) is 17.4. The number of quaternary nitrogens is 1. The molecule has 0 radical (unpaired) electrons. The first-order valence-electron chi connectivity index (χ1n) is 8.17. The molecule has 1 atom stereocenters. The van der Waals surface area contributed by atoms with E-state index in [-0.39, 0.29) is 29.9 Å². The average molecular weight is 472 g/mol. The maximum atomic E-state index is 12.6. The standard InChI is InChI=1S/C20H23ClNO2.HI/c1-22(2,3)13-12-20(16-8-10-17(21)11-9-16)14-15-6-4-5-7-18(15)19(23)24-20;/h4-11H,12-14H2,1-3H3;1H/q+1;/p-1. The summed E-state index contributed by atoms with van der Waals surface area (Å²) in [5.74, 6) is -0.242. The third-order valence-corrected chi connectivity index (χ3v) is 4.81. The molecule has 0 saturated carbocycles. The van der Waals surface area contributed by atoms with E-state index in [0.29, 0.717) is 17.0 Å². The van der Waals surface area contributed by atoms with Crippen LogP contribution in [0.5, 0.6) is 0 Å². The molecule has 3 rings (SSSR count). The predicted octanol–water partition coefficient (Wildman–Crippen LogP) is 1.05. The first kappa shape index (κ1) is 20.2. The number of hydrogen-bond acceptors (Lipinski definition) is 2. The SMILES string of the molecule is C[N+](C)(C)CCC1(c2ccc(Cl)cc2)Cc2ccccc2C(=O)O1.[I-]. The van der Waals surface area contributed by atoms with Crippen molar-refractivity contribution in [2.45, 2.75) is 18.4 Å². The van der Waals surface area contributed by atoms with Crippen LogP contribution in [-0.4, -0.2) is 38.1 Å². The third-order valence-electron chi connectivity index (χ3n) is 4.56. The molecule has 0 saturated heterocycles. The minimum Gasteiger partial charge on any atom is -1.00 e. The van der Waals surface area contributed by atoms with Gasteiger partial charge < -0.3 is 33.2 Å². The number of esters is 1. The molecule has 1 heterocycles. The lowest BCUT2D eigenvalue weighted by molar-refractivity contribution is -0.871. The highest BCUT2D eigenvalue weighted by molar-refractivity contribution is 6.30. The number of ether oxygens (including phenoxy) is 1. The zero-order valence-corrected chi connectivity index (χ0v) is 17.7. The Balaban J connectivity index is 0.00000225. The van der Waals surface area contributed by atoms with Crippen molar-refractivity contribution in [2.24, 2.45) is 0 Å². The minimum absolute atomic E-state index is 0. The van der Waals surface area contributed by atoms with E-state index in [4.69, 9.17) is 16.3 Å². The lowest BCUT2D eigenvalue weighted by Crippen LogP contribution is -3.00. The fourth-order valence-corrected chi connectivity index (χ4v) is 3.29. The van der Waals surface area contributed by atoms with Crippen LogP contribution in [0.2, 0.25) is 5.02 Å². The lowest BCUT2D eigenvalue weighted by Gasteiger charge is -2.39. The molecule has 0 spiro atoms. The first-order valence-corrected chi connectivity index (χ1v) is 8.55. The van der Waals surface area contributed by atoms with Crippen molar-refractivity contribution in [1.29, 1.82) is 0 Å². The summed E-state index contributed by atoms with van der Waals surface area (Å²) >= 11 is 6.04. The molecule has 1 aliphatic heterocycles. The van der Waals surface area contributed by atoms with Crippen LogP contribution in [0.3, 0.4) is 0 Å². The molecule has 0 N–H and O–H groups in total. The summed E-state index contributed by atoms with van der Waals surface area (Å²) in [6, 6.07) is 15.4. The van der Waals surface area contributed by atoms with Crippen LogP contribution < -0.4 is 24.0 Å². The van der Waals surface area contributed by atoms with Crippen LogP contribution in [0.1, 0.15) is 27.9 Å². The van der Waals surface area contributed by atoms with Gasteiger partial charge in [0.05, 0.1) is 33.3 Å². The van der Waals surface area contributed by atoms with E-state index in [9.17, 15) is 4.79 Å². The van der Waals surface area contributed by atoms with Gasteiger partial charge in [-0.15, -0.1) is 0 Å². The number of nitrogens with zero attached hydrogens (tertiary/aromatic N) is 1. The van der Waals surface area contributed by atoms with Gasteiger partial charge in [-0.3, -0.25) is 0 Å². The second-order valence-corrected chi connectivity index (χ2v) is 7.92. The number of carbonyl (C=O) groups is 1. The molecule has 0 aliphatic carbocycles. The van der Waals surface area contributed by atoms with Crippen LogP contribution in [0.4, 0.5) is 0 Å². The molecule has 1 unspecified atom stereocenters. The van der Waals surface area contributed by atoms with Crippen molar-refractivity contribution in [2.75, 3.05) is 27.7 Å². The van der Waals surface area contributed by atoms with Gasteiger partial charge in [-0.2, -0.15) is 0 Å². The molecule has 0 fully saturated rings. The second-order valence-electron chi connectivity index (χ2n) is 7.49. The second kappa shape index (κ2) is 7.64. The van der Waals surface area contributed by atoms with Crippen LogP contribution in [0.15, 0.2) is 48.5 Å². The Bertz CT molecular complexity index is 755. The largest absolute Gasteiger partial charge is 1.00 e. The van der Waals surface area contributed by atoms with Gasteiger partial charge in [0, 0.05) is 17.9 Å². The van der Waals surface area contributed by atoms with Crippen LogP contribution in [0.25, 0.3) is 0 Å². The molecular formula is C20H23ClINO2. The molecular weight excluding hydrogens is 449 g/mol. The van der Waals surface area contributed by atoms with Gasteiger partial charge in [-0.25, -0.2) is 4.79 Å². The van der Waals surface area contributed by atoms with E-state index in [1.165, 1.54) is 0 Å². The number of benzene rings is 2. The Labute approximate surface area is 171 Å². The highest BCUT2D eigenvalue weighted by atomic mass is 127. The van der Waals surface area contributed by atoms with Crippen LogP contribution >= 0.6 is 11.6 Å². The topological polar surface area (TPSA) is 26.3 Å². The maximum Gasteiger partial charge on any atom is 0.339 e. The summed E-state index contributed by atoms with van der Waals surface area (Å²) in [6.07, 6.45) is 1.45. The number of hydrogen-bond donors (Lipinski definition) is 0. The Hall–Kier alpha value is -1.11. The number of halogens is 2. The van der Waals surface area contributed by atoms with Crippen molar-refractivity contribution < 1.29 is 38.0 Å². The van der Waals surface area contributed by atoms with Gasteiger partial charge in [0.1, 0.15) is 5.60 Å². The molecule has 5 heteroatoms. The van der Waals surface area contributed by atoms with Gasteiger partial charge in [0.15, 0.2) is 0 Å². The van der Waals surface area contributed by atoms with Crippen molar-refractivity contribution in [1.82, 2.24) is 0 Å². The van der Waals surface area contributed by atoms with Gasteiger partial charge in [-0.1, -0.05) is 41.9 Å². The van der Waals surface area contributed by atoms with Crippen LogP contribution in [-0.2, 0) is 16.8 Å². The fourth-order valence-electron chi connectivity index (χ4n) is 3.16. The summed E-state index contributed by atoms with van der Waals surface area (Å²) in [4.78, 5) is 12.6. The molecule has 1 aliphatic rings. The highest BCUT2D eigenvalue weighted by Gasteiger charge is 2.42. The maximum absolute atomic E-state index is 12.6. The number of fused-ring (bicyclic) bond motifs is 1. The summed E-state index contributed by atoms with van der Waals surface area (Å²) < 4.78 is 6.84. The van der Waals surface area contributed by atoms with E-state index in [1.54, 1.807) is 0 Å². The summed E-state index contributed by atoms with van der Waals surface area (Å²) in [5, 5.41) is 0.683. The summed E-state index contributed by atoms with van der Waals surface area (Å²) in [5.41, 5.74) is 2.09. The Morgan fingerprint density at radius 2 is 1.72 bits per heavy atom. The molecule has 2 aromatic rings. The zero-order valence-electron chi connectivity index (χ0n) is 14.8. The Morgan fingerprint density at radius 3 is 2.36 bits per heavy atom. The highest BCUT2D eigenvalue weighted by Crippen LogP contribution is 2.39. The molecule has 0 bridgehead atoms. The molecule has 0 amide bonds. The Morgan fingerprint density at radius 1 is 1.08 bits per heavy atom. The first-order chi connectivity index (χ1) is 11.3. The van der Waals surface area contributed by atoms with E-state index < -0.39 is 5.60 Å². The minimum atomic E-state index is -0.637. The average Bonchev–Trinajstić information content (AvgIpc) is 2.53. The molecule has 0 aromatic heterocycles. The number of cyclic esters (lactones) is 1. The molecule has 25 heavy (non-hydrogen) atoms. The molecule has 3 nitrogen and oxygen atoms in total. The predicted molar refractivity (Wildman–Crippen MR) is 96.2 cm³/mol. The van der Waals surface area contributed by atoms with E-state index in [0.717, 1.165) is 28.6 Å².